The summed E-state index contributed by atoms with van der Waals surface area (Å²) in [6.07, 6.45) is 0. The Morgan fingerprint density at radius 2 is 1.90 bits per heavy atom. The van der Waals surface area contributed by atoms with Crippen LogP contribution in [0.5, 0.6) is 0 Å². The fourth-order valence-electron chi connectivity index (χ4n) is 2.20. The number of aryl methyl sites for hydroxylation is 1. The molecule has 2 N–H and O–H groups in total. The smallest absolute Gasteiger partial charge is 0.182 e. The molecule has 5 nitrogen and oxygen atoms in total. The second-order valence-electron chi connectivity index (χ2n) is 4.86. The fourth-order valence-corrected chi connectivity index (χ4v) is 2.33. The second-order valence-corrected chi connectivity index (χ2v) is 5.30. The summed E-state index contributed by atoms with van der Waals surface area (Å²) in [6, 6.07) is 13.3. The number of anilines is 1. The van der Waals surface area contributed by atoms with Crippen LogP contribution < -0.4 is 5.73 Å². The molecule has 2 aromatic carbocycles. The van der Waals surface area contributed by atoms with Crippen molar-refractivity contribution in [2.45, 2.75) is 13.5 Å². The van der Waals surface area contributed by atoms with E-state index in [0.29, 0.717) is 11.6 Å². The number of nitrogens with zero attached hydrogens (tertiary/aromatic N) is 4. The number of tetrazole rings is 1. The van der Waals surface area contributed by atoms with E-state index in [-0.39, 0.29) is 0 Å². The van der Waals surface area contributed by atoms with Gasteiger partial charge >= 0.3 is 0 Å². The molecule has 0 aliphatic heterocycles. The Kier molecular flexibility index (Phi) is 3.58. The molecule has 0 amide bonds. The van der Waals surface area contributed by atoms with Gasteiger partial charge in [-0.25, -0.2) is 4.68 Å². The Hall–Kier alpha value is -2.40. The molecule has 0 aliphatic rings. The lowest BCUT2D eigenvalue weighted by Gasteiger charge is -2.08. The van der Waals surface area contributed by atoms with Gasteiger partial charge in [0, 0.05) is 16.3 Å². The van der Waals surface area contributed by atoms with Gasteiger partial charge in [-0.05, 0) is 58.8 Å². The van der Waals surface area contributed by atoms with E-state index in [9.17, 15) is 0 Å². The second kappa shape index (κ2) is 5.54. The average molecular weight is 300 g/mol. The first-order chi connectivity index (χ1) is 10.1. The SMILES string of the molecule is Cc1cc(N)ccc1-c1nnnn1Cc1ccc(Cl)cc1. The maximum Gasteiger partial charge on any atom is 0.182 e. The summed E-state index contributed by atoms with van der Waals surface area (Å²) >= 11 is 5.90. The summed E-state index contributed by atoms with van der Waals surface area (Å²) in [6.45, 7) is 2.58. The highest BCUT2D eigenvalue weighted by Crippen LogP contribution is 2.23. The zero-order valence-corrected chi connectivity index (χ0v) is 12.2. The molecule has 1 aromatic heterocycles. The zero-order valence-electron chi connectivity index (χ0n) is 11.5. The average Bonchev–Trinajstić information content (AvgIpc) is 2.89. The first-order valence-electron chi connectivity index (χ1n) is 6.50. The molecule has 0 atom stereocenters. The maximum absolute atomic E-state index is 5.90. The third-order valence-electron chi connectivity index (χ3n) is 3.27. The molecule has 0 saturated carbocycles. The van der Waals surface area contributed by atoms with Crippen molar-refractivity contribution in [2.24, 2.45) is 0 Å². The summed E-state index contributed by atoms with van der Waals surface area (Å²) in [5.41, 5.74) is 9.62. The van der Waals surface area contributed by atoms with Gasteiger partial charge < -0.3 is 5.73 Å². The van der Waals surface area contributed by atoms with E-state index in [1.165, 1.54) is 0 Å². The predicted octanol–water partition coefficient (Wildman–Crippen LogP) is 2.93. The van der Waals surface area contributed by atoms with Crippen LogP contribution in [0.15, 0.2) is 42.5 Å². The molecular weight excluding hydrogens is 286 g/mol. The first-order valence-corrected chi connectivity index (χ1v) is 6.88. The molecule has 21 heavy (non-hydrogen) atoms. The molecule has 6 heteroatoms. The Labute approximate surface area is 127 Å². The van der Waals surface area contributed by atoms with Crippen LogP contribution in [0, 0.1) is 6.92 Å². The summed E-state index contributed by atoms with van der Waals surface area (Å²) in [4.78, 5) is 0. The van der Waals surface area contributed by atoms with Gasteiger partial charge in [-0.15, -0.1) is 5.10 Å². The minimum absolute atomic E-state index is 0.587. The molecule has 0 aliphatic carbocycles. The molecule has 106 valence electrons. The first kappa shape index (κ1) is 13.6. The molecule has 0 spiro atoms. The van der Waals surface area contributed by atoms with Crippen molar-refractivity contribution in [3.8, 4) is 11.4 Å². The summed E-state index contributed by atoms with van der Waals surface area (Å²) in [5, 5.41) is 12.7. The predicted molar refractivity (Wildman–Crippen MR) is 83.0 cm³/mol. The van der Waals surface area contributed by atoms with Crippen molar-refractivity contribution in [1.82, 2.24) is 20.2 Å². The van der Waals surface area contributed by atoms with Crippen LogP contribution in [0.4, 0.5) is 5.69 Å². The number of halogens is 1. The molecule has 1 heterocycles. The van der Waals surface area contributed by atoms with Crippen molar-refractivity contribution < 1.29 is 0 Å². The highest BCUT2D eigenvalue weighted by Gasteiger charge is 2.11. The van der Waals surface area contributed by atoms with Gasteiger partial charge in [-0.2, -0.15) is 0 Å². The maximum atomic E-state index is 5.90. The Balaban J connectivity index is 1.95. The van der Waals surface area contributed by atoms with Crippen molar-refractivity contribution in [2.75, 3.05) is 5.73 Å². The Morgan fingerprint density at radius 1 is 1.14 bits per heavy atom. The highest BCUT2D eigenvalue weighted by molar-refractivity contribution is 6.30. The Morgan fingerprint density at radius 3 is 2.62 bits per heavy atom. The third-order valence-corrected chi connectivity index (χ3v) is 3.52. The van der Waals surface area contributed by atoms with Crippen LogP contribution in [-0.2, 0) is 6.54 Å². The van der Waals surface area contributed by atoms with Crippen molar-refractivity contribution in [3.05, 3.63) is 58.6 Å². The van der Waals surface area contributed by atoms with Crippen molar-refractivity contribution in [1.29, 1.82) is 0 Å². The monoisotopic (exact) mass is 299 g/mol. The van der Waals surface area contributed by atoms with Gasteiger partial charge in [-0.3, -0.25) is 0 Å². The van der Waals surface area contributed by atoms with Crippen molar-refractivity contribution in [3.63, 3.8) is 0 Å². The van der Waals surface area contributed by atoms with Crippen LogP contribution in [0.2, 0.25) is 5.02 Å². The van der Waals surface area contributed by atoms with Crippen LogP contribution in [0.3, 0.4) is 0 Å². The lowest BCUT2D eigenvalue weighted by molar-refractivity contribution is 0.653. The minimum Gasteiger partial charge on any atom is -0.399 e. The highest BCUT2D eigenvalue weighted by atomic mass is 35.5. The molecule has 0 saturated heterocycles. The number of nitrogen functional groups attached to an aromatic ring is 1. The van der Waals surface area contributed by atoms with Gasteiger partial charge in [0.25, 0.3) is 0 Å². The number of benzene rings is 2. The van der Waals surface area contributed by atoms with Gasteiger partial charge in [0.05, 0.1) is 6.54 Å². The van der Waals surface area contributed by atoms with Crippen LogP contribution in [0.25, 0.3) is 11.4 Å². The number of aromatic nitrogens is 4. The largest absolute Gasteiger partial charge is 0.399 e. The molecule has 3 rings (SSSR count). The van der Waals surface area contributed by atoms with Crippen LogP contribution in [-0.4, -0.2) is 20.2 Å². The summed E-state index contributed by atoms with van der Waals surface area (Å²) < 4.78 is 1.77. The van der Waals surface area contributed by atoms with Crippen molar-refractivity contribution >= 4 is 17.3 Å². The lowest BCUT2D eigenvalue weighted by Crippen LogP contribution is -2.05. The van der Waals surface area contributed by atoms with E-state index in [0.717, 1.165) is 28.2 Å². The molecule has 3 aromatic rings. The Bertz CT molecular complexity index is 764. The fraction of sp³-hybridized carbons (Fsp3) is 0.133. The normalized spacial score (nSPS) is 10.8. The van der Waals surface area contributed by atoms with Gasteiger partial charge in [0.15, 0.2) is 5.82 Å². The van der Waals surface area contributed by atoms with E-state index in [1.54, 1.807) is 4.68 Å². The van der Waals surface area contributed by atoms with E-state index in [1.807, 2.05) is 49.4 Å². The van der Waals surface area contributed by atoms with E-state index in [4.69, 9.17) is 17.3 Å². The summed E-state index contributed by atoms with van der Waals surface area (Å²) in [7, 11) is 0. The number of rotatable bonds is 3. The van der Waals surface area contributed by atoms with Crippen LogP contribution in [0.1, 0.15) is 11.1 Å². The number of hydrogen-bond donors (Lipinski definition) is 1. The van der Waals surface area contributed by atoms with Gasteiger partial charge in [0.1, 0.15) is 0 Å². The summed E-state index contributed by atoms with van der Waals surface area (Å²) in [5.74, 6) is 0.724. The molecule has 0 fully saturated rings. The number of hydrogen-bond acceptors (Lipinski definition) is 4. The lowest BCUT2D eigenvalue weighted by atomic mass is 10.1. The zero-order chi connectivity index (χ0) is 14.8. The minimum atomic E-state index is 0.587. The van der Waals surface area contributed by atoms with Gasteiger partial charge in [0.2, 0.25) is 0 Å². The molecule has 0 radical (unpaired) electrons. The quantitative estimate of drug-likeness (QED) is 0.755. The van der Waals surface area contributed by atoms with E-state index >= 15 is 0 Å². The standard InChI is InChI=1S/C15H14ClN5/c1-10-8-13(17)6-7-14(10)15-18-19-20-21(15)9-11-2-4-12(16)5-3-11/h2-8H,9,17H2,1H3. The van der Waals surface area contributed by atoms with Gasteiger partial charge in [-0.1, -0.05) is 23.7 Å². The van der Waals surface area contributed by atoms with E-state index < -0.39 is 0 Å². The number of nitrogens with two attached hydrogens (primary N) is 1. The van der Waals surface area contributed by atoms with E-state index in [2.05, 4.69) is 15.5 Å². The molecule has 0 bridgehead atoms. The van der Waals surface area contributed by atoms with Crippen LogP contribution >= 0.6 is 11.6 Å². The third kappa shape index (κ3) is 2.87. The molecular formula is C15H14ClN5. The molecule has 0 unspecified atom stereocenters. The topological polar surface area (TPSA) is 69.6 Å².